The first-order chi connectivity index (χ1) is 14.9. The quantitative estimate of drug-likeness (QED) is 0.689. The molecule has 2 amide bonds. The summed E-state index contributed by atoms with van der Waals surface area (Å²) in [6.07, 6.45) is 7.11. The largest absolute Gasteiger partial charge is 0.393 e. The van der Waals surface area contributed by atoms with E-state index < -0.39 is 0 Å². The topological polar surface area (TPSA) is 78.4 Å². The van der Waals surface area contributed by atoms with Crippen molar-refractivity contribution in [1.82, 2.24) is 20.2 Å². The van der Waals surface area contributed by atoms with Crippen LogP contribution >= 0.6 is 23.2 Å². The number of halogens is 2. The lowest BCUT2D eigenvalue weighted by molar-refractivity contribution is 0.108. The van der Waals surface area contributed by atoms with Crippen LogP contribution < -0.4 is 5.32 Å². The van der Waals surface area contributed by atoms with Gasteiger partial charge in [0.1, 0.15) is 5.82 Å². The predicted molar refractivity (Wildman–Crippen MR) is 121 cm³/mol. The van der Waals surface area contributed by atoms with Crippen LogP contribution in [0.25, 0.3) is 0 Å². The van der Waals surface area contributed by atoms with E-state index in [-0.39, 0.29) is 18.2 Å². The molecule has 166 valence electrons. The molecule has 2 aromatic rings. The molecular weight excluding hydrogens is 435 g/mol. The summed E-state index contributed by atoms with van der Waals surface area (Å²) in [5.74, 6) is 1.36. The SMILES string of the molecule is C[C@@H](NC(=O)N1CCc2cnc(CC3CCC(O)CC3)nc2C1)c1ccc(Cl)c(Cl)c1. The molecule has 31 heavy (non-hydrogen) atoms. The molecule has 0 spiro atoms. The van der Waals surface area contributed by atoms with E-state index in [9.17, 15) is 9.90 Å². The molecule has 2 aliphatic rings. The van der Waals surface area contributed by atoms with E-state index in [0.29, 0.717) is 29.1 Å². The van der Waals surface area contributed by atoms with Crippen LogP contribution in [-0.4, -0.2) is 38.7 Å². The summed E-state index contributed by atoms with van der Waals surface area (Å²) in [5.41, 5.74) is 2.95. The molecule has 4 rings (SSSR count). The van der Waals surface area contributed by atoms with Gasteiger partial charge in [0.05, 0.1) is 34.4 Å². The van der Waals surface area contributed by atoms with Gasteiger partial charge in [-0.05, 0) is 68.2 Å². The Bertz CT molecular complexity index is 947. The number of benzene rings is 1. The number of fused-ring (bicyclic) bond motifs is 1. The number of nitrogens with one attached hydrogen (secondary N) is 1. The Morgan fingerprint density at radius 1 is 1.26 bits per heavy atom. The van der Waals surface area contributed by atoms with Crippen molar-refractivity contribution in [3.63, 3.8) is 0 Å². The molecule has 1 aliphatic carbocycles. The molecule has 8 heteroatoms. The van der Waals surface area contributed by atoms with E-state index in [1.54, 1.807) is 17.0 Å². The fourth-order valence-corrected chi connectivity index (χ4v) is 4.67. The second-order valence-corrected chi connectivity index (χ2v) is 9.47. The van der Waals surface area contributed by atoms with E-state index >= 15 is 0 Å². The van der Waals surface area contributed by atoms with Crippen LogP contribution in [0.4, 0.5) is 4.79 Å². The molecule has 0 bridgehead atoms. The average Bonchev–Trinajstić information content (AvgIpc) is 2.76. The van der Waals surface area contributed by atoms with Crippen molar-refractivity contribution in [3.05, 3.63) is 57.1 Å². The highest BCUT2D eigenvalue weighted by Crippen LogP contribution is 2.28. The zero-order chi connectivity index (χ0) is 22.0. The highest BCUT2D eigenvalue weighted by Gasteiger charge is 2.25. The lowest BCUT2D eigenvalue weighted by Gasteiger charge is -2.30. The van der Waals surface area contributed by atoms with Crippen molar-refractivity contribution in [2.45, 2.75) is 64.1 Å². The second kappa shape index (κ2) is 9.72. The molecule has 2 heterocycles. The van der Waals surface area contributed by atoms with Gasteiger partial charge in [0.25, 0.3) is 0 Å². The lowest BCUT2D eigenvalue weighted by Crippen LogP contribution is -2.44. The van der Waals surface area contributed by atoms with Gasteiger partial charge in [-0.2, -0.15) is 0 Å². The molecule has 2 N–H and O–H groups in total. The van der Waals surface area contributed by atoms with Crippen LogP contribution in [0.1, 0.15) is 61.3 Å². The van der Waals surface area contributed by atoms with E-state index in [0.717, 1.165) is 61.2 Å². The second-order valence-electron chi connectivity index (χ2n) is 8.65. The molecule has 1 aliphatic heterocycles. The van der Waals surface area contributed by atoms with Crippen molar-refractivity contribution >= 4 is 29.2 Å². The molecular formula is C23H28Cl2N4O2. The maximum Gasteiger partial charge on any atom is 0.318 e. The Labute approximate surface area is 193 Å². The summed E-state index contributed by atoms with van der Waals surface area (Å²) in [5, 5.41) is 13.7. The van der Waals surface area contributed by atoms with E-state index in [1.807, 2.05) is 19.2 Å². The number of amides is 2. The summed E-state index contributed by atoms with van der Waals surface area (Å²) in [6.45, 7) is 3.04. The van der Waals surface area contributed by atoms with Crippen LogP contribution in [0.15, 0.2) is 24.4 Å². The lowest BCUT2D eigenvalue weighted by atomic mass is 9.85. The number of nitrogens with zero attached hydrogens (tertiary/aromatic N) is 3. The first-order valence-electron chi connectivity index (χ1n) is 10.9. The number of aliphatic hydroxyl groups is 1. The Morgan fingerprint density at radius 3 is 2.77 bits per heavy atom. The Kier molecular flexibility index (Phi) is 6.99. The molecule has 1 atom stereocenters. The minimum Gasteiger partial charge on any atom is -0.393 e. The molecule has 1 aromatic heterocycles. The first kappa shape index (κ1) is 22.3. The van der Waals surface area contributed by atoms with Gasteiger partial charge in [-0.15, -0.1) is 0 Å². The number of aliphatic hydroxyl groups excluding tert-OH is 1. The molecule has 1 saturated carbocycles. The number of urea groups is 1. The maximum atomic E-state index is 12.9. The average molecular weight is 463 g/mol. The molecule has 1 aromatic carbocycles. The van der Waals surface area contributed by atoms with Crippen molar-refractivity contribution in [2.75, 3.05) is 6.54 Å². The fraction of sp³-hybridized carbons (Fsp3) is 0.522. The van der Waals surface area contributed by atoms with Gasteiger partial charge in [0.2, 0.25) is 0 Å². The maximum absolute atomic E-state index is 12.9. The van der Waals surface area contributed by atoms with Crippen LogP contribution in [0, 0.1) is 5.92 Å². The monoisotopic (exact) mass is 462 g/mol. The third-order valence-electron chi connectivity index (χ3n) is 6.35. The third-order valence-corrected chi connectivity index (χ3v) is 7.09. The van der Waals surface area contributed by atoms with Gasteiger partial charge in [-0.1, -0.05) is 29.3 Å². The first-order valence-corrected chi connectivity index (χ1v) is 11.7. The Morgan fingerprint density at radius 2 is 2.03 bits per heavy atom. The smallest absolute Gasteiger partial charge is 0.318 e. The highest BCUT2D eigenvalue weighted by molar-refractivity contribution is 6.42. The summed E-state index contributed by atoms with van der Waals surface area (Å²) >= 11 is 12.1. The number of rotatable bonds is 4. The summed E-state index contributed by atoms with van der Waals surface area (Å²) in [6, 6.07) is 5.08. The molecule has 0 unspecified atom stereocenters. The zero-order valence-corrected chi connectivity index (χ0v) is 19.2. The summed E-state index contributed by atoms with van der Waals surface area (Å²) in [4.78, 5) is 24.0. The third kappa shape index (κ3) is 5.48. The minimum absolute atomic E-state index is 0.120. The van der Waals surface area contributed by atoms with Crippen LogP contribution in [0.5, 0.6) is 0 Å². The van der Waals surface area contributed by atoms with E-state index in [4.69, 9.17) is 28.2 Å². The minimum atomic E-state index is -0.189. The van der Waals surface area contributed by atoms with Crippen molar-refractivity contribution in [2.24, 2.45) is 5.92 Å². The van der Waals surface area contributed by atoms with Crippen LogP contribution in [0.3, 0.4) is 0 Å². The van der Waals surface area contributed by atoms with E-state index in [1.165, 1.54) is 0 Å². The number of carbonyl (C=O) groups excluding carboxylic acids is 1. The van der Waals surface area contributed by atoms with Gasteiger partial charge in [-0.25, -0.2) is 14.8 Å². The normalized spacial score (nSPS) is 22.0. The Hall–Kier alpha value is -1.89. The van der Waals surface area contributed by atoms with Crippen molar-refractivity contribution in [1.29, 1.82) is 0 Å². The standard InChI is InChI=1S/C23H28Cl2N4O2/c1-14(16-4-7-19(24)20(25)11-16)27-23(31)29-9-8-17-12-26-22(28-21(17)13-29)10-15-2-5-18(30)6-3-15/h4,7,11-12,14-15,18,30H,2-3,5-6,8-10,13H2,1H3,(H,27,31)/t14-,15?,18?/m1/s1. The van der Waals surface area contributed by atoms with Crippen LogP contribution in [-0.2, 0) is 19.4 Å². The number of hydrogen-bond donors (Lipinski definition) is 2. The van der Waals surface area contributed by atoms with Gasteiger partial charge >= 0.3 is 6.03 Å². The summed E-state index contributed by atoms with van der Waals surface area (Å²) in [7, 11) is 0. The fourth-order valence-electron chi connectivity index (χ4n) is 4.36. The van der Waals surface area contributed by atoms with E-state index in [2.05, 4.69) is 10.3 Å². The number of aromatic nitrogens is 2. The number of carbonyl (C=O) groups is 1. The van der Waals surface area contributed by atoms with Gasteiger partial charge in [0, 0.05) is 19.2 Å². The highest BCUT2D eigenvalue weighted by atomic mass is 35.5. The van der Waals surface area contributed by atoms with Gasteiger partial charge in [-0.3, -0.25) is 0 Å². The molecule has 1 fully saturated rings. The zero-order valence-electron chi connectivity index (χ0n) is 17.7. The van der Waals surface area contributed by atoms with Gasteiger partial charge in [0.15, 0.2) is 0 Å². The predicted octanol–water partition coefficient (Wildman–Crippen LogP) is 4.71. The molecule has 0 saturated heterocycles. The molecule has 6 nitrogen and oxygen atoms in total. The van der Waals surface area contributed by atoms with Crippen molar-refractivity contribution < 1.29 is 9.90 Å². The number of hydrogen-bond acceptors (Lipinski definition) is 4. The van der Waals surface area contributed by atoms with Gasteiger partial charge < -0.3 is 15.3 Å². The summed E-state index contributed by atoms with van der Waals surface area (Å²) < 4.78 is 0. The van der Waals surface area contributed by atoms with Crippen molar-refractivity contribution in [3.8, 4) is 0 Å². The Balaban J connectivity index is 1.38. The molecule has 0 radical (unpaired) electrons. The van der Waals surface area contributed by atoms with Crippen LogP contribution in [0.2, 0.25) is 10.0 Å².